The van der Waals surface area contributed by atoms with Gasteiger partial charge in [-0.2, -0.15) is 17.6 Å². The maximum absolute atomic E-state index is 14.0. The highest BCUT2D eigenvalue weighted by Crippen LogP contribution is 2.37. The van der Waals surface area contributed by atoms with Crippen molar-refractivity contribution >= 4 is 11.9 Å². The standard InChI is InChI=1S/C10H10F6O4/c1-3-19-7(17)9(13,8(18)20-4-2)5(11)6(12)10(14,15)16/h3-4H2,1-2H3/b6-5+. The zero-order chi connectivity index (χ0) is 16.1. The highest BCUT2D eigenvalue weighted by molar-refractivity contribution is 6.06. The summed E-state index contributed by atoms with van der Waals surface area (Å²) in [6.07, 6.45) is -5.92. The van der Waals surface area contributed by atoms with Crippen LogP contribution in [0.1, 0.15) is 13.8 Å². The van der Waals surface area contributed by atoms with Crippen molar-refractivity contribution in [1.29, 1.82) is 0 Å². The van der Waals surface area contributed by atoms with E-state index in [2.05, 4.69) is 9.47 Å². The number of rotatable bonds is 5. The summed E-state index contributed by atoms with van der Waals surface area (Å²) >= 11 is 0. The summed E-state index contributed by atoms with van der Waals surface area (Å²) in [4.78, 5) is 22.3. The van der Waals surface area contributed by atoms with Crippen molar-refractivity contribution in [2.75, 3.05) is 13.2 Å². The van der Waals surface area contributed by atoms with E-state index in [0.29, 0.717) is 0 Å². The number of carbonyl (C=O) groups is 2. The van der Waals surface area contributed by atoms with Crippen LogP contribution in [0.15, 0.2) is 11.7 Å². The van der Waals surface area contributed by atoms with Crippen molar-refractivity contribution in [3.63, 3.8) is 0 Å². The Kier molecular flexibility index (Phi) is 6.04. The van der Waals surface area contributed by atoms with Gasteiger partial charge in [0.2, 0.25) is 11.7 Å². The average Bonchev–Trinajstić information content (AvgIpc) is 2.35. The van der Waals surface area contributed by atoms with Gasteiger partial charge in [0.25, 0.3) is 0 Å². The van der Waals surface area contributed by atoms with Gasteiger partial charge in [-0.05, 0) is 13.8 Å². The van der Waals surface area contributed by atoms with Crippen LogP contribution in [0.5, 0.6) is 0 Å². The Balaban J connectivity index is 5.90. The molecule has 0 N–H and O–H groups in total. The van der Waals surface area contributed by atoms with Crippen molar-refractivity contribution in [1.82, 2.24) is 0 Å². The first-order valence-electron chi connectivity index (χ1n) is 5.19. The van der Waals surface area contributed by atoms with Crippen molar-refractivity contribution < 1.29 is 45.4 Å². The van der Waals surface area contributed by atoms with Gasteiger partial charge < -0.3 is 9.47 Å². The zero-order valence-corrected chi connectivity index (χ0v) is 10.3. The molecule has 0 atom stereocenters. The van der Waals surface area contributed by atoms with E-state index in [1.807, 2.05) is 0 Å². The predicted octanol–water partition coefficient (Wildman–Crippen LogP) is 2.53. The number of hydrogen-bond acceptors (Lipinski definition) is 4. The minimum Gasteiger partial charge on any atom is -0.463 e. The Morgan fingerprint density at radius 2 is 1.20 bits per heavy atom. The number of alkyl halides is 4. The van der Waals surface area contributed by atoms with Crippen LogP contribution in [-0.4, -0.2) is 37.0 Å². The van der Waals surface area contributed by atoms with Crippen molar-refractivity contribution in [3.05, 3.63) is 11.7 Å². The van der Waals surface area contributed by atoms with Gasteiger partial charge in [0.1, 0.15) is 0 Å². The fraction of sp³-hybridized carbons (Fsp3) is 0.600. The highest BCUT2D eigenvalue weighted by atomic mass is 19.4. The largest absolute Gasteiger partial charge is 0.463 e. The lowest BCUT2D eigenvalue weighted by Crippen LogP contribution is -2.46. The molecule has 0 saturated carbocycles. The van der Waals surface area contributed by atoms with Crippen LogP contribution in [0.4, 0.5) is 26.3 Å². The Morgan fingerprint density at radius 1 is 0.850 bits per heavy atom. The van der Waals surface area contributed by atoms with Crippen molar-refractivity contribution in [2.24, 2.45) is 0 Å². The fourth-order valence-electron chi connectivity index (χ4n) is 0.999. The summed E-state index contributed by atoms with van der Waals surface area (Å²) in [5.74, 6) is -11.5. The summed E-state index contributed by atoms with van der Waals surface area (Å²) in [6.45, 7) is 1.08. The molecule has 0 fully saturated rings. The summed E-state index contributed by atoms with van der Waals surface area (Å²) in [6, 6.07) is 0. The molecule has 0 aromatic heterocycles. The number of ether oxygens (including phenoxy) is 2. The third-order valence-corrected chi connectivity index (χ3v) is 1.86. The molecule has 4 nitrogen and oxygen atoms in total. The summed E-state index contributed by atoms with van der Waals surface area (Å²) in [7, 11) is 0. The van der Waals surface area contributed by atoms with Gasteiger partial charge in [-0.15, -0.1) is 0 Å². The van der Waals surface area contributed by atoms with E-state index in [9.17, 15) is 35.9 Å². The van der Waals surface area contributed by atoms with E-state index in [-0.39, 0.29) is 0 Å². The van der Waals surface area contributed by atoms with Gasteiger partial charge >= 0.3 is 23.8 Å². The van der Waals surface area contributed by atoms with Gasteiger partial charge in [0.15, 0.2) is 0 Å². The van der Waals surface area contributed by atoms with Gasteiger partial charge in [-0.3, -0.25) is 0 Å². The predicted molar refractivity (Wildman–Crippen MR) is 52.4 cm³/mol. The molecular formula is C10H10F6O4. The van der Waals surface area contributed by atoms with Crippen LogP contribution < -0.4 is 0 Å². The van der Waals surface area contributed by atoms with Crippen LogP contribution in [-0.2, 0) is 19.1 Å². The topological polar surface area (TPSA) is 52.6 Å². The summed E-state index contributed by atoms with van der Waals surface area (Å²) in [5.41, 5.74) is -4.65. The Morgan fingerprint density at radius 3 is 1.45 bits per heavy atom. The maximum Gasteiger partial charge on any atom is 0.445 e. The molecule has 0 saturated heterocycles. The van der Waals surface area contributed by atoms with E-state index < -0.39 is 48.7 Å². The molecule has 0 aliphatic rings. The van der Waals surface area contributed by atoms with Crippen molar-refractivity contribution in [2.45, 2.75) is 25.7 Å². The third-order valence-electron chi connectivity index (χ3n) is 1.86. The number of hydrogen-bond donors (Lipinski definition) is 0. The quantitative estimate of drug-likeness (QED) is 0.445. The molecule has 0 aliphatic carbocycles. The second kappa shape index (κ2) is 6.62. The average molecular weight is 308 g/mol. The number of esters is 2. The van der Waals surface area contributed by atoms with E-state index in [4.69, 9.17) is 0 Å². The van der Waals surface area contributed by atoms with Gasteiger partial charge in [-0.25, -0.2) is 18.4 Å². The van der Waals surface area contributed by atoms with E-state index in [1.165, 1.54) is 0 Å². The lowest BCUT2D eigenvalue weighted by Gasteiger charge is -2.20. The van der Waals surface area contributed by atoms with E-state index in [0.717, 1.165) is 13.8 Å². The van der Waals surface area contributed by atoms with Gasteiger partial charge in [0.05, 0.1) is 13.2 Å². The van der Waals surface area contributed by atoms with Gasteiger partial charge in [-0.1, -0.05) is 0 Å². The minimum absolute atomic E-state index is 0.579. The molecule has 0 bridgehead atoms. The van der Waals surface area contributed by atoms with Crippen LogP contribution in [0.3, 0.4) is 0 Å². The third kappa shape index (κ3) is 3.64. The molecule has 0 amide bonds. The Labute approximate surface area is 109 Å². The van der Waals surface area contributed by atoms with Gasteiger partial charge in [0, 0.05) is 0 Å². The molecule has 116 valence electrons. The molecule has 0 unspecified atom stereocenters. The molecule has 0 heterocycles. The van der Waals surface area contributed by atoms with Crippen LogP contribution >= 0.6 is 0 Å². The first-order valence-corrected chi connectivity index (χ1v) is 5.19. The molecule has 0 aromatic carbocycles. The lowest BCUT2D eigenvalue weighted by atomic mass is 10.0. The number of allylic oxidation sites excluding steroid dienone is 1. The molecule has 20 heavy (non-hydrogen) atoms. The molecule has 0 radical (unpaired) electrons. The second-order valence-corrected chi connectivity index (χ2v) is 3.23. The molecule has 0 aliphatic heterocycles. The zero-order valence-electron chi connectivity index (χ0n) is 10.3. The van der Waals surface area contributed by atoms with E-state index in [1.54, 1.807) is 0 Å². The minimum atomic E-state index is -5.92. The normalized spacial score (nSPS) is 13.6. The fourth-order valence-corrected chi connectivity index (χ4v) is 0.999. The molecule has 0 rings (SSSR count). The smallest absolute Gasteiger partial charge is 0.445 e. The summed E-state index contributed by atoms with van der Waals surface area (Å²) in [5, 5.41) is 0. The van der Waals surface area contributed by atoms with Crippen LogP contribution in [0, 0.1) is 0 Å². The molecule has 0 spiro atoms. The van der Waals surface area contributed by atoms with E-state index >= 15 is 0 Å². The monoisotopic (exact) mass is 308 g/mol. The molecule has 10 heteroatoms. The van der Waals surface area contributed by atoms with Crippen LogP contribution in [0.25, 0.3) is 0 Å². The SMILES string of the molecule is CCOC(=O)C(F)(C(=O)OCC)/C(F)=C(\F)C(F)(F)F. The second-order valence-electron chi connectivity index (χ2n) is 3.23. The van der Waals surface area contributed by atoms with Crippen molar-refractivity contribution in [3.8, 4) is 0 Å². The maximum atomic E-state index is 14.0. The number of carbonyl (C=O) groups excluding carboxylic acids is 2. The first-order chi connectivity index (χ1) is 9.03. The lowest BCUT2D eigenvalue weighted by molar-refractivity contribution is -0.173. The summed E-state index contributed by atoms with van der Waals surface area (Å²) < 4.78 is 83.9. The highest BCUT2D eigenvalue weighted by Gasteiger charge is 2.59. The molecular weight excluding hydrogens is 298 g/mol. The number of halogens is 6. The Hall–Kier alpha value is -1.74. The Bertz CT molecular complexity index is 396. The molecule has 0 aromatic rings. The first kappa shape index (κ1) is 18.3. The van der Waals surface area contributed by atoms with Crippen LogP contribution in [0.2, 0.25) is 0 Å².